The molecule has 11 rings (SSSR count). The third-order valence-corrected chi connectivity index (χ3v) is 14.6. The average Bonchev–Trinajstić information content (AvgIpc) is 3.81. The number of benzene rings is 7. The number of hydrogen-bond acceptors (Lipinski definition) is 2. The Morgan fingerprint density at radius 1 is 0.472 bits per heavy atom. The maximum absolute atomic E-state index is 5.42. The number of hydrogen-bond donors (Lipinski definition) is 0. The topological polar surface area (TPSA) is 35.6 Å². The van der Waals surface area contributed by atoms with E-state index in [-0.39, 0.29) is 0 Å². The third-order valence-electron chi connectivity index (χ3n) is 11.3. The molecule has 250 valence electrons. The Kier molecular flexibility index (Phi) is 6.37. The monoisotopic (exact) mass is 694 g/mol. The first-order valence-corrected chi connectivity index (χ1v) is 21.3. The van der Waals surface area contributed by atoms with Crippen molar-refractivity contribution in [2.75, 3.05) is 0 Å². The molecule has 0 atom stereocenters. The summed E-state index contributed by atoms with van der Waals surface area (Å²) in [7, 11) is -2.09. The maximum Gasteiger partial charge on any atom is 0.159 e. The summed E-state index contributed by atoms with van der Waals surface area (Å²) in [6.07, 6.45) is 0. The highest BCUT2D eigenvalue weighted by atomic mass is 28.3. The van der Waals surface area contributed by atoms with Crippen LogP contribution in [-0.4, -0.2) is 27.2 Å². The highest BCUT2D eigenvalue weighted by Crippen LogP contribution is 2.43. The van der Waals surface area contributed by atoms with Gasteiger partial charge in [0.2, 0.25) is 0 Å². The molecule has 4 nitrogen and oxygen atoms in total. The second kappa shape index (κ2) is 11.2. The van der Waals surface area contributed by atoms with Gasteiger partial charge in [-0.2, -0.15) is 0 Å². The van der Waals surface area contributed by atoms with E-state index in [0.717, 1.165) is 34.0 Å². The van der Waals surface area contributed by atoms with Crippen LogP contribution in [0.15, 0.2) is 170 Å². The maximum atomic E-state index is 5.42. The largest absolute Gasteiger partial charge is 0.309 e. The average molecular weight is 695 g/mol. The first-order valence-electron chi connectivity index (χ1n) is 18.3. The highest BCUT2D eigenvalue weighted by Gasteiger charge is 2.41. The summed E-state index contributed by atoms with van der Waals surface area (Å²) in [5, 5.41) is 7.60. The van der Waals surface area contributed by atoms with Gasteiger partial charge in [0.25, 0.3) is 0 Å². The lowest BCUT2D eigenvalue weighted by Gasteiger charge is -2.19. The highest BCUT2D eigenvalue weighted by molar-refractivity contribution is 7.03. The van der Waals surface area contributed by atoms with Gasteiger partial charge in [0.15, 0.2) is 5.82 Å². The van der Waals surface area contributed by atoms with Gasteiger partial charge in [-0.05, 0) is 53.2 Å². The normalized spacial score (nSPS) is 13.2. The molecule has 0 saturated carbocycles. The molecule has 0 amide bonds. The van der Waals surface area contributed by atoms with Crippen LogP contribution in [0.4, 0.5) is 0 Å². The number of rotatable bonds is 4. The first-order chi connectivity index (χ1) is 26.1. The van der Waals surface area contributed by atoms with E-state index in [1.165, 1.54) is 65.2 Å². The van der Waals surface area contributed by atoms with Crippen molar-refractivity contribution in [2.24, 2.45) is 0 Å². The molecule has 4 heterocycles. The van der Waals surface area contributed by atoms with Crippen LogP contribution in [0.1, 0.15) is 0 Å². The summed E-state index contributed by atoms with van der Waals surface area (Å²) in [5.41, 5.74) is 12.6. The molecule has 0 fully saturated rings. The van der Waals surface area contributed by atoms with Gasteiger partial charge in [-0.3, -0.25) is 0 Å². The van der Waals surface area contributed by atoms with Gasteiger partial charge in [-0.15, -0.1) is 0 Å². The summed E-state index contributed by atoms with van der Waals surface area (Å²) >= 11 is 0. The van der Waals surface area contributed by atoms with Crippen molar-refractivity contribution in [3.05, 3.63) is 170 Å². The van der Waals surface area contributed by atoms with E-state index in [2.05, 4.69) is 192 Å². The standard InChI is InChI=1S/C48H34N4Si/c1-53(2)42-27-14-11-24-38(42)44-45(49-47(50-48(44)53)31-16-5-3-6-17-31)32-18-15-21-34(30-32)52-39-25-12-9-22-35(39)36-28-29-41-43(46(36)52)37-23-10-13-26-40(37)51(41)33-19-7-4-8-20-33/h3-30H,1-2H3. The fourth-order valence-electron chi connectivity index (χ4n) is 8.89. The summed E-state index contributed by atoms with van der Waals surface area (Å²) in [6, 6.07) is 61.3. The smallest absolute Gasteiger partial charge is 0.159 e. The third kappa shape index (κ3) is 4.29. The second-order valence-electron chi connectivity index (χ2n) is 14.6. The molecule has 0 spiro atoms. The van der Waals surface area contributed by atoms with Crippen LogP contribution in [0.2, 0.25) is 13.1 Å². The van der Waals surface area contributed by atoms with E-state index in [1.54, 1.807) is 0 Å². The zero-order valence-electron chi connectivity index (χ0n) is 29.5. The van der Waals surface area contributed by atoms with Crippen LogP contribution < -0.4 is 10.5 Å². The zero-order valence-corrected chi connectivity index (χ0v) is 30.5. The minimum Gasteiger partial charge on any atom is -0.309 e. The van der Waals surface area contributed by atoms with Crippen molar-refractivity contribution >= 4 is 62.2 Å². The molecule has 0 saturated heterocycles. The van der Waals surface area contributed by atoms with Gasteiger partial charge >= 0.3 is 0 Å². The molecule has 1 aliphatic rings. The fraction of sp³-hybridized carbons (Fsp3) is 0.0417. The van der Waals surface area contributed by atoms with Crippen LogP contribution in [0, 0.1) is 0 Å². The molecule has 0 unspecified atom stereocenters. The van der Waals surface area contributed by atoms with Crippen LogP contribution in [0.5, 0.6) is 0 Å². The lowest BCUT2D eigenvalue weighted by Crippen LogP contribution is -2.50. The fourth-order valence-corrected chi connectivity index (χ4v) is 11.8. The summed E-state index contributed by atoms with van der Waals surface area (Å²) in [5.74, 6) is 0.783. The molecular formula is C48H34N4Si. The van der Waals surface area contributed by atoms with Gasteiger partial charge in [0, 0.05) is 54.9 Å². The van der Waals surface area contributed by atoms with Gasteiger partial charge in [0.1, 0.15) is 8.07 Å². The Morgan fingerprint density at radius 3 is 1.92 bits per heavy atom. The van der Waals surface area contributed by atoms with Crippen LogP contribution >= 0.6 is 0 Å². The SMILES string of the molecule is C[Si]1(C)c2ccccc2-c2c(-c3cccc(-n4c5ccccc5c5ccc6c(c7ccccc7n6-c6ccccc6)c54)c3)nc(-c3ccccc3)nc21. The van der Waals surface area contributed by atoms with Gasteiger partial charge < -0.3 is 9.13 Å². The zero-order chi connectivity index (χ0) is 35.3. The van der Waals surface area contributed by atoms with Crippen molar-refractivity contribution < 1.29 is 0 Å². The number of nitrogens with zero attached hydrogens (tertiary/aromatic N) is 4. The summed E-state index contributed by atoms with van der Waals surface area (Å²) in [4.78, 5) is 10.8. The molecule has 7 aromatic carbocycles. The molecule has 0 aliphatic carbocycles. The summed E-state index contributed by atoms with van der Waals surface area (Å²) < 4.78 is 4.88. The van der Waals surface area contributed by atoms with Crippen LogP contribution in [0.25, 0.3) is 88.8 Å². The predicted molar refractivity (Wildman–Crippen MR) is 224 cm³/mol. The first kappa shape index (κ1) is 30.1. The lowest BCUT2D eigenvalue weighted by molar-refractivity contribution is 1.17. The number of aromatic nitrogens is 4. The Labute approximate surface area is 308 Å². The number of fused-ring (bicyclic) bond motifs is 10. The molecular weight excluding hydrogens is 661 g/mol. The van der Waals surface area contributed by atoms with E-state index in [1.807, 2.05) is 0 Å². The second-order valence-corrected chi connectivity index (χ2v) is 18.9. The van der Waals surface area contributed by atoms with E-state index in [0.29, 0.717) is 0 Å². The molecule has 0 N–H and O–H groups in total. The van der Waals surface area contributed by atoms with Gasteiger partial charge in [-0.1, -0.05) is 140 Å². The van der Waals surface area contributed by atoms with Gasteiger partial charge in [-0.25, -0.2) is 9.97 Å². The van der Waals surface area contributed by atoms with Crippen molar-refractivity contribution in [3.8, 4) is 45.1 Å². The van der Waals surface area contributed by atoms with Crippen molar-refractivity contribution in [1.29, 1.82) is 0 Å². The molecule has 53 heavy (non-hydrogen) atoms. The molecule has 1 aliphatic heterocycles. The van der Waals surface area contributed by atoms with Crippen molar-refractivity contribution in [2.45, 2.75) is 13.1 Å². The van der Waals surface area contributed by atoms with Crippen LogP contribution in [0.3, 0.4) is 0 Å². The van der Waals surface area contributed by atoms with E-state index < -0.39 is 8.07 Å². The van der Waals surface area contributed by atoms with Crippen LogP contribution in [-0.2, 0) is 0 Å². The molecule has 10 aromatic rings. The van der Waals surface area contributed by atoms with E-state index >= 15 is 0 Å². The van der Waals surface area contributed by atoms with Crippen molar-refractivity contribution in [1.82, 2.24) is 19.1 Å². The minimum atomic E-state index is -2.09. The Hall–Kier alpha value is -6.56. The molecule has 5 heteroatoms. The van der Waals surface area contributed by atoms with E-state index in [4.69, 9.17) is 9.97 Å². The van der Waals surface area contributed by atoms with E-state index in [9.17, 15) is 0 Å². The Bertz CT molecular complexity index is 3080. The minimum absolute atomic E-state index is 0.783. The lowest BCUT2D eigenvalue weighted by atomic mass is 10.00. The van der Waals surface area contributed by atoms with Gasteiger partial charge in [0.05, 0.1) is 27.8 Å². The number of para-hydroxylation sites is 3. The van der Waals surface area contributed by atoms with Crippen molar-refractivity contribution in [3.63, 3.8) is 0 Å². The quantitative estimate of drug-likeness (QED) is 0.172. The molecule has 0 bridgehead atoms. The molecule has 0 radical (unpaired) electrons. The Morgan fingerprint density at radius 2 is 1.11 bits per heavy atom. The Balaban J connectivity index is 1.23. The predicted octanol–water partition coefficient (Wildman–Crippen LogP) is 10.8. The summed E-state index contributed by atoms with van der Waals surface area (Å²) in [6.45, 7) is 4.85. The molecule has 3 aromatic heterocycles.